The smallest absolute Gasteiger partial charge is 0.274 e. The molecule has 5 heteroatoms. The Hall–Kier alpha value is -2.56. The number of nitrogens with one attached hydrogen (secondary N) is 2. The van der Waals surface area contributed by atoms with Crippen LogP contribution in [0.1, 0.15) is 49.5 Å². The first-order chi connectivity index (χ1) is 12.3. The van der Waals surface area contributed by atoms with Crippen molar-refractivity contribution in [3.63, 3.8) is 0 Å². The number of carbonyl (C=O) groups excluding carboxylic acids is 1. The molecule has 0 spiro atoms. The van der Waals surface area contributed by atoms with Crippen molar-refractivity contribution >= 4 is 17.3 Å². The van der Waals surface area contributed by atoms with E-state index in [-0.39, 0.29) is 5.91 Å². The Balaban J connectivity index is 1.62. The monoisotopic (exact) mass is 339 g/mol. The molecule has 5 nitrogen and oxygen atoms in total. The van der Waals surface area contributed by atoms with Crippen molar-refractivity contribution in [2.75, 3.05) is 17.2 Å². The zero-order chi connectivity index (χ0) is 17.5. The van der Waals surface area contributed by atoms with Gasteiger partial charge in [-0.3, -0.25) is 4.79 Å². The van der Waals surface area contributed by atoms with E-state index in [1.54, 1.807) is 12.3 Å². The fourth-order valence-corrected chi connectivity index (χ4v) is 3.13. The van der Waals surface area contributed by atoms with Crippen molar-refractivity contribution in [1.29, 1.82) is 0 Å². The van der Waals surface area contributed by atoms with E-state index in [9.17, 15) is 4.79 Å². The van der Waals surface area contributed by atoms with Crippen LogP contribution in [0, 0.1) is 0 Å². The van der Waals surface area contributed by atoms with E-state index in [0.717, 1.165) is 5.69 Å². The first kappa shape index (κ1) is 17.3. The van der Waals surface area contributed by atoms with Gasteiger partial charge in [-0.25, -0.2) is 4.98 Å². The maximum atomic E-state index is 12.4. The molecular weight excluding hydrogens is 314 g/mol. The number of benzene rings is 1. The molecular formula is C20H25N3O2. The normalized spacial score (nSPS) is 14.8. The minimum absolute atomic E-state index is 0.239. The van der Waals surface area contributed by atoms with Crippen molar-refractivity contribution in [2.24, 2.45) is 0 Å². The molecule has 2 aromatic rings. The van der Waals surface area contributed by atoms with E-state index < -0.39 is 0 Å². The summed E-state index contributed by atoms with van der Waals surface area (Å²) in [6.07, 6.45) is 8.04. The quantitative estimate of drug-likeness (QED) is 0.814. The van der Waals surface area contributed by atoms with E-state index in [1.165, 1.54) is 32.1 Å². The Morgan fingerprint density at radius 2 is 1.96 bits per heavy atom. The first-order valence-electron chi connectivity index (χ1n) is 9.02. The van der Waals surface area contributed by atoms with Gasteiger partial charge in [-0.1, -0.05) is 31.4 Å². The molecule has 1 saturated carbocycles. The Morgan fingerprint density at radius 1 is 1.16 bits per heavy atom. The number of para-hydroxylation sites is 2. The second-order valence-electron chi connectivity index (χ2n) is 6.29. The number of carbonyl (C=O) groups is 1. The molecule has 0 aliphatic heterocycles. The maximum absolute atomic E-state index is 12.4. The molecule has 132 valence electrons. The van der Waals surface area contributed by atoms with Gasteiger partial charge in [0, 0.05) is 6.04 Å². The Morgan fingerprint density at radius 3 is 2.68 bits per heavy atom. The average Bonchev–Trinajstić information content (AvgIpc) is 2.65. The van der Waals surface area contributed by atoms with Crippen LogP contribution in [0.5, 0.6) is 5.75 Å². The van der Waals surface area contributed by atoms with E-state index in [4.69, 9.17) is 4.74 Å². The number of hydrogen-bond acceptors (Lipinski definition) is 4. The van der Waals surface area contributed by atoms with Crippen LogP contribution in [0.25, 0.3) is 0 Å². The minimum Gasteiger partial charge on any atom is -0.492 e. The van der Waals surface area contributed by atoms with Crippen LogP contribution in [0.4, 0.5) is 11.4 Å². The molecule has 1 aliphatic rings. The first-order valence-corrected chi connectivity index (χ1v) is 9.02. The summed E-state index contributed by atoms with van der Waals surface area (Å²) in [5.41, 5.74) is 2.01. The molecule has 0 unspecified atom stereocenters. The molecule has 0 bridgehead atoms. The van der Waals surface area contributed by atoms with E-state index in [2.05, 4.69) is 15.6 Å². The largest absolute Gasteiger partial charge is 0.492 e. The van der Waals surface area contributed by atoms with Gasteiger partial charge in [0.25, 0.3) is 5.91 Å². The zero-order valence-corrected chi connectivity index (χ0v) is 14.6. The highest BCUT2D eigenvalue weighted by atomic mass is 16.5. The van der Waals surface area contributed by atoms with Crippen LogP contribution >= 0.6 is 0 Å². The standard InChI is InChI=1S/C20H25N3O2/c1-2-25-19-11-7-6-10-17(19)23-20(24)18-13-12-16(14-21-18)22-15-8-4-3-5-9-15/h6-7,10-15,22H,2-5,8-9H2,1H3,(H,23,24). The van der Waals surface area contributed by atoms with Crippen LogP contribution < -0.4 is 15.4 Å². The molecule has 1 amide bonds. The molecule has 1 aromatic heterocycles. The number of amides is 1. The van der Waals surface area contributed by atoms with Crippen LogP contribution in [0.3, 0.4) is 0 Å². The highest BCUT2D eigenvalue weighted by Gasteiger charge is 2.14. The summed E-state index contributed by atoms with van der Waals surface area (Å²) in [7, 11) is 0. The summed E-state index contributed by atoms with van der Waals surface area (Å²) in [5, 5.41) is 6.37. The summed E-state index contributed by atoms with van der Waals surface area (Å²) < 4.78 is 5.53. The third-order valence-corrected chi connectivity index (χ3v) is 4.41. The van der Waals surface area contributed by atoms with Gasteiger partial charge in [0.2, 0.25) is 0 Å². The van der Waals surface area contributed by atoms with Crippen LogP contribution in [-0.4, -0.2) is 23.5 Å². The van der Waals surface area contributed by atoms with Crippen molar-refractivity contribution in [2.45, 2.75) is 45.1 Å². The lowest BCUT2D eigenvalue weighted by molar-refractivity contribution is 0.102. The fourth-order valence-electron chi connectivity index (χ4n) is 3.13. The van der Waals surface area contributed by atoms with Crippen molar-refractivity contribution in [1.82, 2.24) is 4.98 Å². The van der Waals surface area contributed by atoms with E-state index in [1.807, 2.05) is 37.3 Å². The molecule has 1 heterocycles. The topological polar surface area (TPSA) is 63.2 Å². The summed E-state index contributed by atoms with van der Waals surface area (Å²) >= 11 is 0. The van der Waals surface area contributed by atoms with Crippen LogP contribution in [-0.2, 0) is 0 Å². The molecule has 1 aromatic carbocycles. The molecule has 1 fully saturated rings. The summed E-state index contributed by atoms with van der Waals surface area (Å²) in [6, 6.07) is 11.6. The van der Waals surface area contributed by atoms with Crippen LogP contribution in [0.15, 0.2) is 42.6 Å². The summed E-state index contributed by atoms with van der Waals surface area (Å²) in [5.74, 6) is 0.422. The fraction of sp³-hybridized carbons (Fsp3) is 0.400. The van der Waals surface area contributed by atoms with Crippen molar-refractivity contribution < 1.29 is 9.53 Å². The lowest BCUT2D eigenvalue weighted by atomic mass is 9.95. The predicted octanol–water partition coefficient (Wildman–Crippen LogP) is 4.48. The van der Waals surface area contributed by atoms with Crippen LogP contribution in [0.2, 0.25) is 0 Å². The van der Waals surface area contributed by atoms with E-state index in [0.29, 0.717) is 29.8 Å². The average molecular weight is 339 g/mol. The Labute approximate surface area is 148 Å². The third-order valence-electron chi connectivity index (χ3n) is 4.41. The second kappa shape index (κ2) is 8.51. The number of hydrogen-bond donors (Lipinski definition) is 2. The molecule has 0 radical (unpaired) electrons. The molecule has 3 rings (SSSR count). The number of pyridine rings is 1. The van der Waals surface area contributed by atoms with Gasteiger partial charge in [0.05, 0.1) is 24.2 Å². The molecule has 25 heavy (non-hydrogen) atoms. The molecule has 0 saturated heterocycles. The summed E-state index contributed by atoms with van der Waals surface area (Å²) in [6.45, 7) is 2.46. The van der Waals surface area contributed by atoms with Gasteiger partial charge in [0.15, 0.2) is 0 Å². The van der Waals surface area contributed by atoms with E-state index >= 15 is 0 Å². The zero-order valence-electron chi connectivity index (χ0n) is 14.6. The SMILES string of the molecule is CCOc1ccccc1NC(=O)c1ccc(NC2CCCCC2)cn1. The van der Waals surface area contributed by atoms with Crippen molar-refractivity contribution in [3.8, 4) is 5.75 Å². The number of nitrogens with zero attached hydrogens (tertiary/aromatic N) is 1. The number of anilines is 2. The van der Waals surface area contributed by atoms with Gasteiger partial charge in [-0.15, -0.1) is 0 Å². The molecule has 2 N–H and O–H groups in total. The highest BCUT2D eigenvalue weighted by Crippen LogP contribution is 2.24. The van der Waals surface area contributed by atoms with Gasteiger partial charge in [-0.2, -0.15) is 0 Å². The van der Waals surface area contributed by atoms with Crippen molar-refractivity contribution in [3.05, 3.63) is 48.3 Å². The Bertz CT molecular complexity index is 694. The maximum Gasteiger partial charge on any atom is 0.274 e. The minimum atomic E-state index is -0.239. The lowest BCUT2D eigenvalue weighted by Crippen LogP contribution is -2.22. The lowest BCUT2D eigenvalue weighted by Gasteiger charge is -2.23. The van der Waals surface area contributed by atoms with Gasteiger partial charge in [-0.05, 0) is 44.0 Å². The van der Waals surface area contributed by atoms with Gasteiger partial charge in [0.1, 0.15) is 11.4 Å². The predicted molar refractivity (Wildman–Crippen MR) is 100 cm³/mol. The van der Waals surface area contributed by atoms with Gasteiger partial charge < -0.3 is 15.4 Å². The van der Waals surface area contributed by atoms with Gasteiger partial charge >= 0.3 is 0 Å². The molecule has 0 atom stereocenters. The summed E-state index contributed by atoms with van der Waals surface area (Å²) in [4.78, 5) is 16.7. The Kier molecular flexibility index (Phi) is 5.88. The number of ether oxygens (including phenoxy) is 1. The number of aromatic nitrogens is 1. The third kappa shape index (κ3) is 4.72. The highest BCUT2D eigenvalue weighted by molar-refractivity contribution is 6.03. The molecule has 1 aliphatic carbocycles. The second-order valence-corrected chi connectivity index (χ2v) is 6.29. The number of rotatable bonds is 6.